The maximum atomic E-state index is 13.8. The number of carbonyl (C=O) groups is 1. The highest BCUT2D eigenvalue weighted by atomic mass is 35.5. The summed E-state index contributed by atoms with van der Waals surface area (Å²) in [5, 5.41) is 2.72. The Labute approximate surface area is 275 Å². The summed E-state index contributed by atoms with van der Waals surface area (Å²) in [6.07, 6.45) is 0. The minimum atomic E-state index is -4.36. The van der Waals surface area contributed by atoms with E-state index in [9.17, 15) is 26.4 Å². The number of para-hydroxylation sites is 2. The van der Waals surface area contributed by atoms with E-state index in [2.05, 4.69) is 10.0 Å². The third kappa shape index (κ3) is 6.27. The summed E-state index contributed by atoms with van der Waals surface area (Å²) in [6.45, 7) is 1.63. The van der Waals surface area contributed by atoms with Crippen molar-refractivity contribution in [2.24, 2.45) is 7.05 Å². The number of carbonyl (C=O) groups excluding carboxylic acids is 1. The quantitative estimate of drug-likeness (QED) is 0.203. The van der Waals surface area contributed by atoms with Gasteiger partial charge in [-0.1, -0.05) is 59.6 Å². The van der Waals surface area contributed by atoms with E-state index in [0.717, 1.165) is 10.4 Å². The molecule has 4 aromatic carbocycles. The lowest BCUT2D eigenvalue weighted by Crippen LogP contribution is -2.32. The molecule has 0 saturated heterocycles. The number of aromatic nitrogens is 2. The Kier molecular flexibility index (Phi) is 9.05. The molecule has 0 aliphatic rings. The maximum absolute atomic E-state index is 13.8. The molecule has 0 saturated carbocycles. The number of hydrogen-bond acceptors (Lipinski definition) is 6. The number of nitrogens with zero attached hydrogens (tertiary/aromatic N) is 3. The first-order chi connectivity index (χ1) is 21.7. The van der Waals surface area contributed by atoms with E-state index in [1.54, 1.807) is 61.1 Å². The second kappa shape index (κ2) is 12.7. The zero-order chi connectivity index (χ0) is 33.4. The summed E-state index contributed by atoms with van der Waals surface area (Å²) in [5.74, 6) is -0.791. The maximum Gasteiger partial charge on any atom is 0.296 e. The van der Waals surface area contributed by atoms with Gasteiger partial charge in [-0.15, -0.1) is 0 Å². The van der Waals surface area contributed by atoms with E-state index in [1.165, 1.54) is 60.3 Å². The van der Waals surface area contributed by atoms with Crippen LogP contribution in [-0.2, 0) is 27.1 Å². The Morgan fingerprint density at radius 2 is 1.48 bits per heavy atom. The number of sulfonamides is 2. The van der Waals surface area contributed by atoms with Crippen molar-refractivity contribution in [3.63, 3.8) is 0 Å². The van der Waals surface area contributed by atoms with Crippen molar-refractivity contribution in [3.8, 4) is 5.69 Å². The number of nitrogens with one attached hydrogen (secondary N) is 2. The SMILES string of the molecule is Cc1c(N(C)S(=O)(=O)c2ccc(Cl)c(C(=O)Nc3cccc(S(=O)(=O)Nc4ccccc4Cl)c3)c2)c(=O)n(-c2ccccc2)n1C. The van der Waals surface area contributed by atoms with Crippen LogP contribution in [0.3, 0.4) is 0 Å². The van der Waals surface area contributed by atoms with Gasteiger partial charge in [0.1, 0.15) is 5.69 Å². The van der Waals surface area contributed by atoms with Crippen LogP contribution in [0.15, 0.2) is 112 Å². The third-order valence-electron chi connectivity index (χ3n) is 7.20. The van der Waals surface area contributed by atoms with Crippen LogP contribution in [0, 0.1) is 6.92 Å². The lowest BCUT2D eigenvalue weighted by molar-refractivity contribution is 0.102. The van der Waals surface area contributed by atoms with E-state index in [4.69, 9.17) is 23.2 Å². The molecule has 5 rings (SSSR count). The number of halogens is 2. The molecule has 15 heteroatoms. The minimum absolute atomic E-state index is 0.0504. The summed E-state index contributed by atoms with van der Waals surface area (Å²) in [4.78, 5) is 26.3. The van der Waals surface area contributed by atoms with Crippen LogP contribution < -0.4 is 19.9 Å². The van der Waals surface area contributed by atoms with Gasteiger partial charge in [-0.05, 0) is 67.6 Å². The van der Waals surface area contributed by atoms with Gasteiger partial charge in [0.15, 0.2) is 0 Å². The lowest BCUT2D eigenvalue weighted by Gasteiger charge is -2.19. The molecule has 0 radical (unpaired) electrons. The fourth-order valence-corrected chi connectivity index (χ4v) is 7.56. The minimum Gasteiger partial charge on any atom is -0.322 e. The van der Waals surface area contributed by atoms with Crippen LogP contribution in [0.4, 0.5) is 17.1 Å². The predicted molar refractivity (Wildman–Crippen MR) is 179 cm³/mol. The van der Waals surface area contributed by atoms with Gasteiger partial charge >= 0.3 is 0 Å². The summed E-state index contributed by atoms with van der Waals surface area (Å²) in [6, 6.07) is 24.1. The van der Waals surface area contributed by atoms with Crippen molar-refractivity contribution in [1.29, 1.82) is 0 Å². The van der Waals surface area contributed by atoms with Crippen LogP contribution in [0.1, 0.15) is 16.1 Å². The molecule has 11 nitrogen and oxygen atoms in total. The first kappa shape index (κ1) is 32.8. The van der Waals surface area contributed by atoms with Gasteiger partial charge in [0.05, 0.1) is 42.5 Å². The van der Waals surface area contributed by atoms with Crippen LogP contribution in [0.2, 0.25) is 10.0 Å². The fourth-order valence-electron chi connectivity index (χ4n) is 4.72. The van der Waals surface area contributed by atoms with Gasteiger partial charge in [0.2, 0.25) is 0 Å². The van der Waals surface area contributed by atoms with Crippen molar-refractivity contribution in [2.75, 3.05) is 21.4 Å². The van der Waals surface area contributed by atoms with Crippen LogP contribution in [0.5, 0.6) is 0 Å². The highest BCUT2D eigenvalue weighted by molar-refractivity contribution is 7.93. The first-order valence-corrected chi connectivity index (χ1v) is 17.2. The van der Waals surface area contributed by atoms with Gasteiger partial charge < -0.3 is 5.32 Å². The second-order valence-corrected chi connectivity index (χ2v) is 14.6. The normalized spacial score (nSPS) is 11.7. The average Bonchev–Trinajstić information content (AvgIpc) is 3.25. The molecule has 1 amide bonds. The summed E-state index contributed by atoms with van der Waals surface area (Å²) in [7, 11) is -5.54. The zero-order valence-corrected chi connectivity index (χ0v) is 27.7. The Hall–Kier alpha value is -4.56. The molecule has 0 spiro atoms. The zero-order valence-electron chi connectivity index (χ0n) is 24.6. The Bertz CT molecular complexity index is 2250. The molecule has 0 bridgehead atoms. The molecule has 0 aliphatic heterocycles. The Morgan fingerprint density at radius 3 is 2.17 bits per heavy atom. The third-order valence-corrected chi connectivity index (χ3v) is 11.0. The Balaban J connectivity index is 1.43. The van der Waals surface area contributed by atoms with Crippen LogP contribution >= 0.6 is 23.2 Å². The number of amides is 1. The van der Waals surface area contributed by atoms with E-state index in [1.807, 2.05) is 0 Å². The second-order valence-electron chi connectivity index (χ2n) is 10.1. The van der Waals surface area contributed by atoms with Gasteiger partial charge in [-0.25, -0.2) is 21.5 Å². The number of hydrogen-bond donors (Lipinski definition) is 2. The molecule has 1 aromatic heterocycles. The number of rotatable bonds is 9. The Morgan fingerprint density at radius 1 is 0.804 bits per heavy atom. The lowest BCUT2D eigenvalue weighted by atomic mass is 10.2. The van der Waals surface area contributed by atoms with Gasteiger partial charge in [-0.2, -0.15) is 0 Å². The topological polar surface area (TPSA) is 140 Å². The molecule has 2 N–H and O–H groups in total. The smallest absolute Gasteiger partial charge is 0.296 e. The fraction of sp³-hybridized carbons (Fsp3) is 0.0968. The van der Waals surface area contributed by atoms with Gasteiger partial charge in [0, 0.05) is 19.8 Å². The molecule has 238 valence electrons. The largest absolute Gasteiger partial charge is 0.322 e. The van der Waals surface area contributed by atoms with E-state index in [0.29, 0.717) is 11.4 Å². The summed E-state index contributed by atoms with van der Waals surface area (Å²) in [5.41, 5.74) is 0.416. The standard InChI is InChI=1S/C31H27Cl2N5O6S2/c1-20-29(31(40)38(36(20)2)22-11-5-4-6-12-22)37(3)46(43,44)24-16-17-26(32)25(19-24)30(39)34-21-10-9-13-23(18-21)45(41,42)35-28-15-8-7-14-27(28)33/h4-19,35H,1-3H3,(H,34,39). The molecule has 46 heavy (non-hydrogen) atoms. The van der Waals surface area contributed by atoms with Crippen LogP contribution in [-0.4, -0.2) is 39.2 Å². The monoisotopic (exact) mass is 699 g/mol. The van der Waals surface area contributed by atoms with Crippen molar-refractivity contribution >= 4 is 66.2 Å². The van der Waals surface area contributed by atoms with Crippen molar-refractivity contribution in [3.05, 3.63) is 129 Å². The molecule has 1 heterocycles. The number of benzene rings is 4. The molecule has 0 unspecified atom stereocenters. The van der Waals surface area contributed by atoms with Crippen molar-refractivity contribution < 1.29 is 21.6 Å². The molecule has 0 atom stereocenters. The molecule has 0 aliphatic carbocycles. The van der Waals surface area contributed by atoms with E-state index < -0.39 is 31.5 Å². The van der Waals surface area contributed by atoms with Crippen molar-refractivity contribution in [2.45, 2.75) is 16.7 Å². The first-order valence-electron chi connectivity index (χ1n) is 13.5. The molecule has 0 fully saturated rings. The molecule has 5 aromatic rings. The highest BCUT2D eigenvalue weighted by Gasteiger charge is 2.30. The summed E-state index contributed by atoms with van der Waals surface area (Å²) < 4.78 is 59.7. The van der Waals surface area contributed by atoms with Crippen molar-refractivity contribution in [1.82, 2.24) is 9.36 Å². The predicted octanol–water partition coefficient (Wildman–Crippen LogP) is 5.67. The van der Waals surface area contributed by atoms with E-state index >= 15 is 0 Å². The summed E-state index contributed by atoms with van der Waals surface area (Å²) >= 11 is 12.4. The highest BCUT2D eigenvalue weighted by Crippen LogP contribution is 2.29. The van der Waals surface area contributed by atoms with E-state index in [-0.39, 0.29) is 42.5 Å². The number of anilines is 3. The van der Waals surface area contributed by atoms with Crippen LogP contribution in [0.25, 0.3) is 5.69 Å². The van der Waals surface area contributed by atoms with Gasteiger partial charge in [0.25, 0.3) is 31.5 Å². The molecular formula is C31H27Cl2N5O6S2. The molecular weight excluding hydrogens is 673 g/mol. The van der Waals surface area contributed by atoms with Gasteiger partial charge in [-0.3, -0.25) is 23.3 Å². The average molecular weight is 701 g/mol.